The molecule has 0 unspecified atom stereocenters. The molecule has 6 heteroatoms. The van der Waals surface area contributed by atoms with E-state index in [-0.39, 0.29) is 11.9 Å². The lowest BCUT2D eigenvalue weighted by atomic mass is 10.2. The molecule has 1 amide bonds. The smallest absolute Gasteiger partial charge is 0.353 e. The second-order valence-corrected chi connectivity index (χ2v) is 5.95. The third-order valence-corrected chi connectivity index (χ3v) is 4.08. The van der Waals surface area contributed by atoms with E-state index in [9.17, 15) is 9.59 Å². The summed E-state index contributed by atoms with van der Waals surface area (Å²) in [6, 6.07) is 19.2. The van der Waals surface area contributed by atoms with Crippen LogP contribution in [0, 0.1) is 0 Å². The number of thiophene rings is 1. The Balaban J connectivity index is 1.55. The summed E-state index contributed by atoms with van der Waals surface area (Å²) < 4.78 is 5.27. The minimum absolute atomic E-state index is 0.279. The molecule has 2 aromatic carbocycles. The van der Waals surface area contributed by atoms with Gasteiger partial charge in [-0.25, -0.2) is 10.2 Å². The summed E-state index contributed by atoms with van der Waals surface area (Å²) in [5.74, 6) is -0.214. The van der Waals surface area contributed by atoms with Crippen LogP contribution in [0.3, 0.4) is 0 Å². The van der Waals surface area contributed by atoms with Crippen molar-refractivity contribution in [1.82, 2.24) is 5.43 Å². The average molecular weight is 350 g/mol. The largest absolute Gasteiger partial charge is 0.422 e. The van der Waals surface area contributed by atoms with Crippen molar-refractivity contribution in [2.45, 2.75) is 0 Å². The molecule has 0 fully saturated rings. The molecule has 0 aliphatic heterocycles. The van der Waals surface area contributed by atoms with E-state index in [4.69, 9.17) is 4.74 Å². The summed E-state index contributed by atoms with van der Waals surface area (Å²) in [6.07, 6.45) is 1.52. The summed E-state index contributed by atoms with van der Waals surface area (Å²) in [5, 5.41) is 5.74. The van der Waals surface area contributed by atoms with Gasteiger partial charge in [-0.2, -0.15) is 5.10 Å². The molecule has 1 heterocycles. The Morgan fingerprint density at radius 1 is 0.960 bits per heavy atom. The molecule has 3 aromatic rings. The molecule has 124 valence electrons. The summed E-state index contributed by atoms with van der Waals surface area (Å²) in [6.45, 7) is 0. The fraction of sp³-hybridized carbons (Fsp3) is 0. The highest BCUT2D eigenvalue weighted by Gasteiger charge is 2.09. The van der Waals surface area contributed by atoms with E-state index >= 15 is 0 Å². The first-order chi connectivity index (χ1) is 12.2. The molecule has 3 rings (SSSR count). The summed E-state index contributed by atoms with van der Waals surface area (Å²) in [5.41, 5.74) is 3.76. The number of nitrogens with zero attached hydrogens (tertiary/aromatic N) is 1. The molecule has 0 aliphatic carbocycles. The molecule has 0 saturated heterocycles. The molecule has 5 nitrogen and oxygen atoms in total. The van der Waals surface area contributed by atoms with E-state index in [1.807, 2.05) is 11.4 Å². The third-order valence-electron chi connectivity index (χ3n) is 3.23. The lowest BCUT2D eigenvalue weighted by molar-refractivity contribution is 0.0739. The van der Waals surface area contributed by atoms with Crippen LogP contribution >= 0.6 is 11.3 Å². The normalized spacial score (nSPS) is 10.6. The van der Waals surface area contributed by atoms with Gasteiger partial charge in [0.2, 0.25) is 0 Å². The Morgan fingerprint density at radius 3 is 2.40 bits per heavy atom. The van der Waals surface area contributed by atoms with Gasteiger partial charge in [0.15, 0.2) is 0 Å². The van der Waals surface area contributed by atoms with E-state index in [1.165, 1.54) is 17.6 Å². The summed E-state index contributed by atoms with van der Waals surface area (Å²) in [4.78, 5) is 24.2. The molecule has 0 atom stereocenters. The number of hydrogen-bond acceptors (Lipinski definition) is 5. The fourth-order valence-corrected chi connectivity index (χ4v) is 2.59. The van der Waals surface area contributed by atoms with Crippen LogP contribution in [0.15, 0.2) is 77.2 Å². The maximum atomic E-state index is 11.9. The average Bonchev–Trinajstić information content (AvgIpc) is 3.19. The number of rotatable bonds is 5. The maximum absolute atomic E-state index is 11.9. The van der Waals surface area contributed by atoms with Gasteiger partial charge in [0.25, 0.3) is 5.91 Å². The topological polar surface area (TPSA) is 67.8 Å². The number of hydrazone groups is 1. The molecular formula is C19H14N2O3S. The molecular weight excluding hydrogens is 336 g/mol. The maximum Gasteiger partial charge on any atom is 0.353 e. The first kappa shape index (κ1) is 16.6. The van der Waals surface area contributed by atoms with E-state index in [2.05, 4.69) is 10.5 Å². The van der Waals surface area contributed by atoms with Gasteiger partial charge in [-0.1, -0.05) is 24.3 Å². The van der Waals surface area contributed by atoms with Crippen molar-refractivity contribution in [2.24, 2.45) is 5.10 Å². The van der Waals surface area contributed by atoms with Crippen LogP contribution in [0.2, 0.25) is 0 Å². The van der Waals surface area contributed by atoms with Crippen LogP contribution < -0.4 is 10.2 Å². The van der Waals surface area contributed by atoms with E-state index < -0.39 is 0 Å². The van der Waals surface area contributed by atoms with Crippen molar-refractivity contribution in [1.29, 1.82) is 0 Å². The predicted molar refractivity (Wildman–Crippen MR) is 97.2 cm³/mol. The second-order valence-electron chi connectivity index (χ2n) is 5.00. The summed E-state index contributed by atoms with van der Waals surface area (Å²) >= 11 is 1.33. The number of nitrogens with one attached hydrogen (secondary N) is 1. The number of esters is 1. The van der Waals surface area contributed by atoms with E-state index in [1.54, 1.807) is 60.7 Å². The minimum atomic E-state index is -0.383. The Hall–Kier alpha value is -3.25. The first-order valence-corrected chi connectivity index (χ1v) is 8.34. The van der Waals surface area contributed by atoms with Gasteiger partial charge in [0, 0.05) is 5.56 Å². The van der Waals surface area contributed by atoms with Crippen LogP contribution in [0.4, 0.5) is 0 Å². The first-order valence-electron chi connectivity index (χ1n) is 7.46. The van der Waals surface area contributed by atoms with Gasteiger partial charge in [-0.3, -0.25) is 4.79 Å². The van der Waals surface area contributed by atoms with Crippen LogP contribution in [-0.4, -0.2) is 18.1 Å². The lowest BCUT2D eigenvalue weighted by Crippen LogP contribution is -2.17. The molecule has 0 saturated carbocycles. The molecule has 0 radical (unpaired) electrons. The zero-order chi connectivity index (χ0) is 17.5. The second kappa shape index (κ2) is 8.03. The quantitative estimate of drug-likeness (QED) is 0.330. The third kappa shape index (κ3) is 4.62. The molecule has 0 spiro atoms. The number of carbonyl (C=O) groups is 2. The van der Waals surface area contributed by atoms with Gasteiger partial charge in [0.05, 0.1) is 6.21 Å². The van der Waals surface area contributed by atoms with Crippen LogP contribution in [0.5, 0.6) is 5.75 Å². The minimum Gasteiger partial charge on any atom is -0.422 e. The molecule has 0 bridgehead atoms. The number of hydrogen-bond donors (Lipinski definition) is 1. The zero-order valence-corrected chi connectivity index (χ0v) is 13.9. The number of ether oxygens (including phenoxy) is 1. The highest BCUT2D eigenvalue weighted by atomic mass is 32.1. The van der Waals surface area contributed by atoms with Gasteiger partial charge >= 0.3 is 5.97 Å². The highest BCUT2D eigenvalue weighted by molar-refractivity contribution is 7.12. The van der Waals surface area contributed by atoms with Gasteiger partial charge in [0.1, 0.15) is 10.6 Å². The fourth-order valence-electron chi connectivity index (χ4n) is 1.99. The zero-order valence-electron chi connectivity index (χ0n) is 13.1. The molecule has 0 aliphatic rings. The van der Waals surface area contributed by atoms with Crippen molar-refractivity contribution in [3.63, 3.8) is 0 Å². The van der Waals surface area contributed by atoms with Gasteiger partial charge in [-0.15, -0.1) is 11.3 Å². The van der Waals surface area contributed by atoms with E-state index in [0.29, 0.717) is 16.2 Å². The molecule has 1 aromatic heterocycles. The number of amides is 1. The Kier molecular flexibility index (Phi) is 5.33. The van der Waals surface area contributed by atoms with Crippen molar-refractivity contribution in [3.8, 4) is 5.75 Å². The lowest BCUT2D eigenvalue weighted by Gasteiger charge is -2.03. The van der Waals surface area contributed by atoms with Crippen molar-refractivity contribution in [2.75, 3.05) is 0 Å². The van der Waals surface area contributed by atoms with Crippen LogP contribution in [0.1, 0.15) is 25.6 Å². The number of carbonyl (C=O) groups excluding carboxylic acids is 2. The summed E-state index contributed by atoms with van der Waals surface area (Å²) in [7, 11) is 0. The van der Waals surface area contributed by atoms with Gasteiger partial charge < -0.3 is 4.74 Å². The van der Waals surface area contributed by atoms with E-state index in [0.717, 1.165) is 5.56 Å². The SMILES string of the molecule is O=C(N/N=C\c1ccc(OC(=O)c2cccs2)cc1)c1ccccc1. The van der Waals surface area contributed by atoms with Crippen LogP contribution in [0.25, 0.3) is 0 Å². The van der Waals surface area contributed by atoms with Crippen molar-refractivity contribution < 1.29 is 14.3 Å². The highest BCUT2D eigenvalue weighted by Crippen LogP contribution is 2.16. The predicted octanol–water partition coefficient (Wildman–Crippen LogP) is 3.73. The monoisotopic (exact) mass is 350 g/mol. The van der Waals surface area contributed by atoms with Crippen LogP contribution in [-0.2, 0) is 0 Å². The number of benzene rings is 2. The van der Waals surface area contributed by atoms with Crippen molar-refractivity contribution in [3.05, 3.63) is 88.1 Å². The standard InChI is InChI=1S/C19H14N2O3S/c22-18(15-5-2-1-3-6-15)21-20-13-14-8-10-16(11-9-14)24-19(23)17-7-4-12-25-17/h1-13H,(H,21,22)/b20-13-. The Labute approximate surface area is 148 Å². The Bertz CT molecular complexity index is 873. The van der Waals surface area contributed by atoms with Gasteiger partial charge in [-0.05, 0) is 53.4 Å². The molecule has 25 heavy (non-hydrogen) atoms. The Morgan fingerprint density at radius 2 is 1.72 bits per heavy atom. The van der Waals surface area contributed by atoms with Crippen molar-refractivity contribution >= 4 is 29.4 Å². The molecule has 1 N–H and O–H groups in total.